The molecule has 0 saturated carbocycles. The Balaban J connectivity index is 2.61. The Hall–Kier alpha value is -1.31. The minimum Gasteiger partial charge on any atom is -0.480 e. The first-order valence-corrected chi connectivity index (χ1v) is 6.17. The molecule has 1 aromatic carbocycles. The van der Waals surface area contributed by atoms with Crippen molar-refractivity contribution in [3.05, 3.63) is 27.8 Å². The third-order valence-electron chi connectivity index (χ3n) is 2.13. The van der Waals surface area contributed by atoms with Crippen molar-refractivity contribution in [1.29, 1.82) is 0 Å². The van der Waals surface area contributed by atoms with Gasteiger partial charge >= 0.3 is 12.0 Å². The molecule has 0 heterocycles. The predicted octanol–water partition coefficient (Wildman–Crippen LogP) is 2.28. The molecule has 0 aliphatic heterocycles. The fourth-order valence-electron chi connectivity index (χ4n) is 1.22. The number of carboxylic acid groups (broad SMARTS) is 1. The van der Waals surface area contributed by atoms with E-state index in [-0.39, 0.29) is 0 Å². The lowest BCUT2D eigenvalue weighted by Gasteiger charge is -2.13. The number of rotatable bonds is 4. The normalized spacial score (nSPS) is 11.6. The number of para-hydroxylation sites is 1. The number of benzene rings is 1. The van der Waals surface area contributed by atoms with E-state index in [2.05, 4.69) is 33.2 Å². The van der Waals surface area contributed by atoms with Crippen LogP contribution in [0.4, 0.5) is 10.5 Å². The zero-order valence-corrected chi connectivity index (χ0v) is 11.4. The van der Waals surface area contributed by atoms with Crippen molar-refractivity contribution in [3.8, 4) is 0 Å². The number of nitrogens with one attached hydrogen (secondary N) is 2. The van der Waals surface area contributed by atoms with Crippen molar-refractivity contribution in [1.82, 2.24) is 5.32 Å². The minimum atomic E-state index is -1.04. The number of urea groups is 1. The molecule has 3 N–H and O–H groups in total. The lowest BCUT2D eigenvalue weighted by Crippen LogP contribution is -2.42. The largest absolute Gasteiger partial charge is 0.480 e. The molecule has 17 heavy (non-hydrogen) atoms. The van der Waals surface area contributed by atoms with E-state index >= 15 is 0 Å². The van der Waals surface area contributed by atoms with Crippen LogP contribution in [0.1, 0.15) is 13.3 Å². The number of carboxylic acids is 1. The van der Waals surface area contributed by atoms with Crippen molar-refractivity contribution in [2.75, 3.05) is 5.32 Å². The maximum absolute atomic E-state index is 11.5. The molecule has 0 saturated heterocycles. The lowest BCUT2D eigenvalue weighted by atomic mass is 10.2. The van der Waals surface area contributed by atoms with Crippen molar-refractivity contribution in [2.24, 2.45) is 0 Å². The summed E-state index contributed by atoms with van der Waals surface area (Å²) in [4.78, 5) is 22.3. The molecule has 0 aliphatic carbocycles. The number of hydrogen-bond acceptors (Lipinski definition) is 2. The van der Waals surface area contributed by atoms with E-state index in [9.17, 15) is 9.59 Å². The van der Waals surface area contributed by atoms with Gasteiger partial charge in [0.15, 0.2) is 0 Å². The fourth-order valence-corrected chi connectivity index (χ4v) is 1.74. The molecule has 92 valence electrons. The van der Waals surface area contributed by atoms with E-state index in [1.165, 1.54) is 0 Å². The molecule has 1 unspecified atom stereocenters. The summed E-state index contributed by atoms with van der Waals surface area (Å²) >= 11 is 2.09. The van der Waals surface area contributed by atoms with Gasteiger partial charge in [-0.15, -0.1) is 0 Å². The van der Waals surface area contributed by atoms with Crippen LogP contribution in [0.5, 0.6) is 0 Å². The number of hydrogen-bond donors (Lipinski definition) is 3. The molecule has 1 rings (SSSR count). The van der Waals surface area contributed by atoms with E-state index in [4.69, 9.17) is 5.11 Å². The number of carbonyl (C=O) groups is 2. The number of carbonyl (C=O) groups excluding carboxylic acids is 1. The molecule has 1 atom stereocenters. The first-order valence-electron chi connectivity index (χ1n) is 5.09. The summed E-state index contributed by atoms with van der Waals surface area (Å²) in [7, 11) is 0. The molecule has 5 nitrogen and oxygen atoms in total. The number of aliphatic carboxylic acids is 1. The second kappa shape index (κ2) is 6.43. The molecule has 0 fully saturated rings. The van der Waals surface area contributed by atoms with Gasteiger partial charge in [-0.1, -0.05) is 19.1 Å². The van der Waals surface area contributed by atoms with Crippen LogP contribution in [0.15, 0.2) is 24.3 Å². The second-order valence-electron chi connectivity index (χ2n) is 3.38. The zero-order valence-electron chi connectivity index (χ0n) is 9.24. The van der Waals surface area contributed by atoms with Gasteiger partial charge in [0.25, 0.3) is 0 Å². The van der Waals surface area contributed by atoms with Crippen LogP contribution < -0.4 is 10.6 Å². The summed E-state index contributed by atoms with van der Waals surface area (Å²) in [5.74, 6) is -1.04. The minimum absolute atomic E-state index is 0.342. The van der Waals surface area contributed by atoms with Gasteiger partial charge in [-0.2, -0.15) is 0 Å². The predicted molar refractivity (Wildman–Crippen MR) is 73.0 cm³/mol. The lowest BCUT2D eigenvalue weighted by molar-refractivity contribution is -0.139. The standard InChI is InChI=1S/C11H13IN2O3/c1-2-8(10(15)16)13-11(17)14-9-6-4-3-5-7(9)12/h3-6,8H,2H2,1H3,(H,15,16)(H2,13,14,17). The highest BCUT2D eigenvalue weighted by molar-refractivity contribution is 14.1. The van der Waals surface area contributed by atoms with Gasteiger partial charge in [0.2, 0.25) is 0 Å². The van der Waals surface area contributed by atoms with Crippen LogP contribution in [0.3, 0.4) is 0 Å². The maximum Gasteiger partial charge on any atom is 0.326 e. The maximum atomic E-state index is 11.5. The third kappa shape index (κ3) is 4.22. The monoisotopic (exact) mass is 348 g/mol. The number of anilines is 1. The highest BCUT2D eigenvalue weighted by Gasteiger charge is 2.17. The molecule has 0 bridgehead atoms. The Morgan fingerprint density at radius 3 is 2.59 bits per heavy atom. The Bertz CT molecular complexity index is 423. The smallest absolute Gasteiger partial charge is 0.326 e. The number of halogens is 1. The summed E-state index contributed by atoms with van der Waals surface area (Å²) in [6.07, 6.45) is 0.342. The van der Waals surface area contributed by atoms with E-state index in [0.717, 1.165) is 3.57 Å². The quantitative estimate of drug-likeness (QED) is 0.731. The molecular formula is C11H13IN2O3. The van der Waals surface area contributed by atoms with Gasteiger partial charge in [-0.3, -0.25) is 0 Å². The van der Waals surface area contributed by atoms with E-state index in [0.29, 0.717) is 12.1 Å². The summed E-state index contributed by atoms with van der Waals surface area (Å²) in [6.45, 7) is 1.70. The van der Waals surface area contributed by atoms with Crippen LogP contribution in [-0.4, -0.2) is 23.1 Å². The Morgan fingerprint density at radius 1 is 1.41 bits per heavy atom. The molecule has 1 aromatic rings. The molecule has 0 radical (unpaired) electrons. The average Bonchev–Trinajstić information content (AvgIpc) is 2.28. The van der Waals surface area contributed by atoms with Crippen molar-refractivity contribution >= 4 is 40.3 Å². The summed E-state index contributed by atoms with van der Waals surface area (Å²) < 4.78 is 0.892. The van der Waals surface area contributed by atoms with Gasteiger partial charge in [-0.25, -0.2) is 9.59 Å². The zero-order chi connectivity index (χ0) is 12.8. The molecule has 2 amide bonds. The van der Waals surface area contributed by atoms with Gasteiger partial charge < -0.3 is 15.7 Å². The van der Waals surface area contributed by atoms with Crippen molar-refractivity contribution < 1.29 is 14.7 Å². The van der Waals surface area contributed by atoms with E-state index in [1.807, 2.05) is 12.1 Å². The highest BCUT2D eigenvalue weighted by atomic mass is 127. The van der Waals surface area contributed by atoms with E-state index in [1.54, 1.807) is 19.1 Å². The summed E-state index contributed by atoms with van der Waals surface area (Å²) in [5.41, 5.74) is 0.658. The van der Waals surface area contributed by atoms with Crippen LogP contribution in [0.2, 0.25) is 0 Å². The van der Waals surface area contributed by atoms with Crippen LogP contribution in [0, 0.1) is 3.57 Å². The van der Waals surface area contributed by atoms with Gasteiger partial charge in [0.05, 0.1) is 5.69 Å². The van der Waals surface area contributed by atoms with Crippen LogP contribution >= 0.6 is 22.6 Å². The van der Waals surface area contributed by atoms with E-state index < -0.39 is 18.0 Å². The van der Waals surface area contributed by atoms with Gasteiger partial charge in [-0.05, 0) is 41.1 Å². The Labute approximate surface area is 113 Å². The summed E-state index contributed by atoms with van der Waals surface area (Å²) in [6, 6.07) is 5.89. The molecular weight excluding hydrogens is 335 g/mol. The first-order chi connectivity index (χ1) is 8.04. The molecule has 0 spiro atoms. The SMILES string of the molecule is CCC(NC(=O)Nc1ccccc1I)C(=O)O. The average molecular weight is 348 g/mol. The fraction of sp³-hybridized carbons (Fsp3) is 0.273. The topological polar surface area (TPSA) is 78.4 Å². The number of amides is 2. The van der Waals surface area contributed by atoms with Crippen LogP contribution in [-0.2, 0) is 4.79 Å². The van der Waals surface area contributed by atoms with Gasteiger partial charge in [0, 0.05) is 3.57 Å². The second-order valence-corrected chi connectivity index (χ2v) is 4.54. The molecule has 0 aromatic heterocycles. The van der Waals surface area contributed by atoms with Gasteiger partial charge in [0.1, 0.15) is 6.04 Å². The van der Waals surface area contributed by atoms with Crippen molar-refractivity contribution in [3.63, 3.8) is 0 Å². The molecule has 0 aliphatic rings. The highest BCUT2D eigenvalue weighted by Crippen LogP contribution is 2.16. The first kappa shape index (κ1) is 13.8. The Morgan fingerprint density at radius 2 is 2.06 bits per heavy atom. The van der Waals surface area contributed by atoms with Crippen molar-refractivity contribution in [2.45, 2.75) is 19.4 Å². The third-order valence-corrected chi connectivity index (χ3v) is 3.07. The summed E-state index contributed by atoms with van der Waals surface area (Å²) in [5, 5.41) is 13.8. The Kier molecular flexibility index (Phi) is 5.20. The molecule has 6 heteroatoms. The van der Waals surface area contributed by atoms with Crippen LogP contribution in [0.25, 0.3) is 0 Å².